The Morgan fingerprint density at radius 2 is 2.47 bits per heavy atom. The molecule has 0 radical (unpaired) electrons. The zero-order chi connectivity index (χ0) is 12.5. The van der Waals surface area contributed by atoms with Crippen molar-refractivity contribution >= 4 is 23.6 Å². The molecule has 2 rings (SSSR count). The fourth-order valence-corrected chi connectivity index (χ4v) is 3.84. The summed E-state index contributed by atoms with van der Waals surface area (Å²) in [5.74, 6) is 0.735. The van der Waals surface area contributed by atoms with Gasteiger partial charge in [0, 0.05) is 25.8 Å². The molecule has 2 amide bonds. The van der Waals surface area contributed by atoms with Gasteiger partial charge in [0.05, 0.1) is 11.5 Å². The fraction of sp³-hybridized carbons (Fsp3) is 0.818. The van der Waals surface area contributed by atoms with Crippen molar-refractivity contribution in [3.8, 4) is 0 Å². The molecule has 0 aliphatic carbocycles. The number of ether oxygens (including phenoxy) is 1. The number of amides is 2. The number of methoxy groups -OCH3 is 1. The van der Waals surface area contributed by atoms with Gasteiger partial charge in [-0.3, -0.25) is 9.59 Å². The maximum Gasteiger partial charge on any atom is 0.243 e. The van der Waals surface area contributed by atoms with Crippen molar-refractivity contribution in [3.63, 3.8) is 0 Å². The van der Waals surface area contributed by atoms with Crippen molar-refractivity contribution in [2.24, 2.45) is 0 Å². The molecule has 17 heavy (non-hydrogen) atoms. The molecule has 0 aromatic carbocycles. The van der Waals surface area contributed by atoms with E-state index in [1.165, 1.54) is 0 Å². The lowest BCUT2D eigenvalue weighted by Crippen LogP contribution is -2.50. The number of carbonyl (C=O) groups is 2. The van der Waals surface area contributed by atoms with Crippen molar-refractivity contribution < 1.29 is 14.3 Å². The molecular formula is C11H18N2O3S. The first-order valence-electron chi connectivity index (χ1n) is 5.81. The van der Waals surface area contributed by atoms with Crippen molar-refractivity contribution in [2.75, 3.05) is 26.0 Å². The first-order chi connectivity index (χ1) is 8.08. The summed E-state index contributed by atoms with van der Waals surface area (Å²) < 4.78 is 4.88. The Hall–Kier alpha value is -0.750. The van der Waals surface area contributed by atoms with Crippen molar-refractivity contribution in [3.05, 3.63) is 0 Å². The van der Waals surface area contributed by atoms with E-state index in [1.54, 1.807) is 23.8 Å². The Bertz CT molecular complexity index is 337. The number of hydrogen-bond donors (Lipinski definition) is 1. The molecule has 96 valence electrons. The van der Waals surface area contributed by atoms with Crippen LogP contribution in [0.5, 0.6) is 0 Å². The summed E-state index contributed by atoms with van der Waals surface area (Å²) in [6, 6.07) is -0.308. The molecule has 0 aromatic heterocycles. The first-order valence-corrected chi connectivity index (χ1v) is 6.80. The average Bonchev–Trinajstić information content (AvgIpc) is 2.77. The number of nitrogens with zero attached hydrogens (tertiary/aromatic N) is 1. The summed E-state index contributed by atoms with van der Waals surface area (Å²) in [4.78, 5) is 25.4. The van der Waals surface area contributed by atoms with E-state index in [0.29, 0.717) is 25.3 Å². The molecule has 0 bridgehead atoms. The van der Waals surface area contributed by atoms with Gasteiger partial charge in [-0.25, -0.2) is 0 Å². The van der Waals surface area contributed by atoms with E-state index in [2.05, 4.69) is 5.32 Å². The smallest absolute Gasteiger partial charge is 0.243 e. The summed E-state index contributed by atoms with van der Waals surface area (Å²) in [5.41, 5.74) is 0. The van der Waals surface area contributed by atoms with E-state index in [4.69, 9.17) is 4.74 Å². The minimum Gasteiger partial charge on any atom is -0.383 e. The van der Waals surface area contributed by atoms with E-state index in [1.807, 2.05) is 6.92 Å². The highest BCUT2D eigenvalue weighted by molar-refractivity contribution is 8.01. The van der Waals surface area contributed by atoms with E-state index in [9.17, 15) is 9.59 Å². The van der Waals surface area contributed by atoms with Gasteiger partial charge in [0.25, 0.3) is 0 Å². The maximum absolute atomic E-state index is 12.0. The van der Waals surface area contributed by atoms with Crippen LogP contribution >= 0.6 is 11.8 Å². The molecule has 2 aliphatic rings. The van der Waals surface area contributed by atoms with Gasteiger partial charge in [-0.05, 0) is 13.3 Å². The summed E-state index contributed by atoms with van der Waals surface area (Å²) >= 11 is 1.71. The van der Waals surface area contributed by atoms with Crippen molar-refractivity contribution in [1.82, 2.24) is 10.2 Å². The van der Waals surface area contributed by atoms with E-state index in [-0.39, 0.29) is 22.7 Å². The highest BCUT2D eigenvalue weighted by Crippen LogP contribution is 2.47. The number of nitrogens with one attached hydrogen (secondary N) is 1. The molecule has 2 unspecified atom stereocenters. The minimum absolute atomic E-state index is 0.0616. The van der Waals surface area contributed by atoms with Crippen LogP contribution < -0.4 is 5.32 Å². The molecule has 2 aliphatic heterocycles. The van der Waals surface area contributed by atoms with Gasteiger partial charge in [-0.1, -0.05) is 0 Å². The Morgan fingerprint density at radius 3 is 3.18 bits per heavy atom. The lowest BCUT2D eigenvalue weighted by Gasteiger charge is -2.29. The molecule has 2 atom stereocenters. The topological polar surface area (TPSA) is 58.6 Å². The molecule has 5 nitrogen and oxygen atoms in total. The summed E-state index contributed by atoms with van der Waals surface area (Å²) in [7, 11) is 1.60. The van der Waals surface area contributed by atoms with Crippen LogP contribution in [0.4, 0.5) is 0 Å². The second-order valence-electron chi connectivity index (χ2n) is 4.55. The Labute approximate surface area is 105 Å². The predicted octanol–water partition coefficient (Wildman–Crippen LogP) is 0.203. The quantitative estimate of drug-likeness (QED) is 0.732. The second-order valence-corrected chi connectivity index (χ2v) is 6.05. The maximum atomic E-state index is 12.0. The number of carbonyl (C=O) groups excluding carboxylic acids is 2. The SMILES string of the molecule is COCCNC(=O)C1CSC2(C)CCC(=O)N12. The Kier molecular flexibility index (Phi) is 3.63. The monoisotopic (exact) mass is 258 g/mol. The van der Waals surface area contributed by atoms with E-state index >= 15 is 0 Å². The summed E-state index contributed by atoms with van der Waals surface area (Å²) in [6.45, 7) is 3.04. The van der Waals surface area contributed by atoms with Gasteiger partial charge in [-0.2, -0.15) is 0 Å². The summed E-state index contributed by atoms with van der Waals surface area (Å²) in [6.07, 6.45) is 1.41. The Morgan fingerprint density at radius 1 is 1.71 bits per heavy atom. The molecule has 0 saturated carbocycles. The molecule has 0 spiro atoms. The molecular weight excluding hydrogens is 240 g/mol. The fourth-order valence-electron chi connectivity index (χ4n) is 2.41. The lowest BCUT2D eigenvalue weighted by molar-refractivity contribution is -0.138. The minimum atomic E-state index is -0.308. The number of thioether (sulfide) groups is 1. The van der Waals surface area contributed by atoms with Crippen LogP contribution in [0, 0.1) is 0 Å². The molecule has 2 heterocycles. The van der Waals surface area contributed by atoms with Crippen LogP contribution in [-0.4, -0.2) is 53.6 Å². The second kappa shape index (κ2) is 4.86. The first kappa shape index (κ1) is 12.7. The zero-order valence-electron chi connectivity index (χ0n) is 10.2. The highest BCUT2D eigenvalue weighted by Gasteiger charge is 2.52. The van der Waals surface area contributed by atoms with Crippen LogP contribution in [0.25, 0.3) is 0 Å². The normalized spacial score (nSPS) is 31.8. The third-order valence-electron chi connectivity index (χ3n) is 3.35. The van der Waals surface area contributed by atoms with Gasteiger partial charge >= 0.3 is 0 Å². The molecule has 2 fully saturated rings. The highest BCUT2D eigenvalue weighted by atomic mass is 32.2. The van der Waals surface area contributed by atoms with Crippen LogP contribution in [0.2, 0.25) is 0 Å². The molecule has 0 aromatic rings. The summed E-state index contributed by atoms with van der Waals surface area (Å²) in [5, 5.41) is 2.80. The standard InChI is InChI=1S/C11H18N2O3S/c1-11-4-3-9(14)13(11)8(7-17-11)10(15)12-5-6-16-2/h8H,3-7H2,1-2H3,(H,12,15). The molecule has 2 saturated heterocycles. The van der Waals surface area contributed by atoms with Gasteiger partial charge in [0.2, 0.25) is 11.8 Å². The van der Waals surface area contributed by atoms with Crippen LogP contribution in [0.3, 0.4) is 0 Å². The predicted molar refractivity (Wildman–Crippen MR) is 65.6 cm³/mol. The Balaban J connectivity index is 1.98. The van der Waals surface area contributed by atoms with E-state index in [0.717, 1.165) is 6.42 Å². The zero-order valence-corrected chi connectivity index (χ0v) is 11.0. The number of fused-ring (bicyclic) bond motifs is 1. The van der Waals surface area contributed by atoms with Crippen LogP contribution in [0.15, 0.2) is 0 Å². The number of hydrogen-bond acceptors (Lipinski definition) is 4. The molecule has 1 N–H and O–H groups in total. The largest absolute Gasteiger partial charge is 0.383 e. The van der Waals surface area contributed by atoms with Gasteiger partial charge in [0.1, 0.15) is 6.04 Å². The average molecular weight is 258 g/mol. The van der Waals surface area contributed by atoms with Crippen molar-refractivity contribution in [2.45, 2.75) is 30.7 Å². The van der Waals surface area contributed by atoms with Crippen LogP contribution in [0.1, 0.15) is 19.8 Å². The van der Waals surface area contributed by atoms with Gasteiger partial charge in [0.15, 0.2) is 0 Å². The lowest BCUT2D eigenvalue weighted by atomic mass is 10.2. The van der Waals surface area contributed by atoms with Gasteiger partial charge in [-0.15, -0.1) is 11.8 Å². The van der Waals surface area contributed by atoms with Gasteiger partial charge < -0.3 is 15.0 Å². The van der Waals surface area contributed by atoms with E-state index < -0.39 is 0 Å². The third-order valence-corrected chi connectivity index (χ3v) is 4.86. The van der Waals surface area contributed by atoms with Crippen LogP contribution in [-0.2, 0) is 14.3 Å². The number of rotatable bonds is 4. The molecule has 6 heteroatoms. The van der Waals surface area contributed by atoms with Crippen molar-refractivity contribution in [1.29, 1.82) is 0 Å². The third kappa shape index (κ3) is 2.28.